The van der Waals surface area contributed by atoms with Crippen molar-refractivity contribution in [2.24, 2.45) is 0 Å². The second-order valence-corrected chi connectivity index (χ2v) is 4.76. The number of hydrogen-bond donors (Lipinski definition) is 1. The van der Waals surface area contributed by atoms with E-state index in [0.717, 1.165) is 11.4 Å². The van der Waals surface area contributed by atoms with Crippen LogP contribution in [0.3, 0.4) is 0 Å². The quantitative estimate of drug-likeness (QED) is 0.694. The molecule has 0 aliphatic carbocycles. The summed E-state index contributed by atoms with van der Waals surface area (Å²) in [6.45, 7) is 3.57. The highest BCUT2D eigenvalue weighted by Gasteiger charge is 2.16. The van der Waals surface area contributed by atoms with Gasteiger partial charge in [-0.25, -0.2) is 9.97 Å². The molecule has 8 heteroatoms. The van der Waals surface area contributed by atoms with Crippen LogP contribution in [-0.4, -0.2) is 20.8 Å². The molecule has 1 amide bonds. The van der Waals surface area contributed by atoms with Gasteiger partial charge in [0.15, 0.2) is 0 Å². The van der Waals surface area contributed by atoms with Crippen molar-refractivity contribution >= 4 is 29.1 Å². The molecule has 1 N–H and O–H groups in total. The Balaban J connectivity index is 2.24. The fourth-order valence-electron chi connectivity index (χ4n) is 1.75. The second-order valence-electron chi connectivity index (χ2n) is 4.35. The van der Waals surface area contributed by atoms with Gasteiger partial charge in [0, 0.05) is 23.0 Å². The SMILES string of the molecule is Cc1cc(C)nc(NC(=O)c2ccc([N+](=O)[O-])c(Cl)c2)n1. The maximum atomic E-state index is 12.1. The van der Waals surface area contributed by atoms with Crippen LogP contribution in [0.4, 0.5) is 11.6 Å². The van der Waals surface area contributed by atoms with Crippen LogP contribution in [-0.2, 0) is 0 Å². The third-order valence-electron chi connectivity index (χ3n) is 2.61. The van der Waals surface area contributed by atoms with E-state index in [1.54, 1.807) is 19.9 Å². The van der Waals surface area contributed by atoms with Crippen molar-refractivity contribution in [2.45, 2.75) is 13.8 Å². The molecule has 0 fully saturated rings. The number of anilines is 1. The number of carbonyl (C=O) groups excluding carboxylic acids is 1. The van der Waals surface area contributed by atoms with Crippen molar-refractivity contribution in [3.8, 4) is 0 Å². The van der Waals surface area contributed by atoms with Crippen LogP contribution in [0.15, 0.2) is 24.3 Å². The minimum atomic E-state index is -0.614. The predicted molar refractivity (Wildman–Crippen MR) is 77.6 cm³/mol. The first-order valence-corrected chi connectivity index (χ1v) is 6.32. The number of hydrogen-bond acceptors (Lipinski definition) is 5. The predicted octanol–water partition coefficient (Wildman–Crippen LogP) is 2.91. The Bertz CT molecular complexity index is 713. The monoisotopic (exact) mass is 306 g/mol. The number of benzene rings is 1. The molecule has 0 radical (unpaired) electrons. The van der Waals surface area contributed by atoms with Crippen molar-refractivity contribution in [2.75, 3.05) is 5.32 Å². The number of nitro groups is 1. The van der Waals surface area contributed by atoms with Gasteiger partial charge in [0.1, 0.15) is 5.02 Å². The minimum Gasteiger partial charge on any atom is -0.290 e. The third-order valence-corrected chi connectivity index (χ3v) is 2.92. The summed E-state index contributed by atoms with van der Waals surface area (Å²) >= 11 is 5.77. The Labute approximate surface area is 125 Å². The molecule has 1 heterocycles. The van der Waals surface area contributed by atoms with Gasteiger partial charge in [-0.1, -0.05) is 11.6 Å². The molecule has 7 nitrogen and oxygen atoms in total. The van der Waals surface area contributed by atoms with Crippen molar-refractivity contribution in [1.29, 1.82) is 0 Å². The first kappa shape index (κ1) is 14.9. The van der Waals surface area contributed by atoms with E-state index < -0.39 is 10.8 Å². The zero-order valence-corrected chi connectivity index (χ0v) is 12.0. The van der Waals surface area contributed by atoms with Gasteiger partial charge < -0.3 is 0 Å². The lowest BCUT2D eigenvalue weighted by molar-refractivity contribution is -0.384. The first-order chi connectivity index (χ1) is 9.86. The van der Waals surface area contributed by atoms with Gasteiger partial charge in [-0.05, 0) is 32.0 Å². The van der Waals surface area contributed by atoms with E-state index >= 15 is 0 Å². The largest absolute Gasteiger partial charge is 0.290 e. The number of halogens is 1. The van der Waals surface area contributed by atoms with E-state index in [1.165, 1.54) is 18.2 Å². The van der Waals surface area contributed by atoms with Crippen LogP contribution in [0.2, 0.25) is 5.02 Å². The highest BCUT2D eigenvalue weighted by atomic mass is 35.5. The van der Waals surface area contributed by atoms with E-state index in [1.807, 2.05) is 0 Å². The van der Waals surface area contributed by atoms with Gasteiger partial charge in [0.25, 0.3) is 11.6 Å². The number of amides is 1. The summed E-state index contributed by atoms with van der Waals surface area (Å²) < 4.78 is 0. The molecule has 0 spiro atoms. The lowest BCUT2D eigenvalue weighted by Gasteiger charge is -2.06. The van der Waals surface area contributed by atoms with Crippen molar-refractivity contribution in [3.63, 3.8) is 0 Å². The van der Waals surface area contributed by atoms with Crippen LogP contribution < -0.4 is 5.32 Å². The Morgan fingerprint density at radius 2 is 1.86 bits per heavy atom. The Morgan fingerprint density at radius 3 is 2.38 bits per heavy atom. The lowest BCUT2D eigenvalue weighted by Crippen LogP contribution is -2.15. The zero-order chi connectivity index (χ0) is 15.6. The maximum Gasteiger partial charge on any atom is 0.287 e. The number of nitro benzene ring substituents is 1. The highest BCUT2D eigenvalue weighted by molar-refractivity contribution is 6.33. The summed E-state index contributed by atoms with van der Waals surface area (Å²) in [7, 11) is 0. The molecule has 2 rings (SSSR count). The number of nitrogens with zero attached hydrogens (tertiary/aromatic N) is 3. The second kappa shape index (κ2) is 5.84. The number of nitrogens with one attached hydrogen (secondary N) is 1. The van der Waals surface area contributed by atoms with E-state index in [0.29, 0.717) is 0 Å². The van der Waals surface area contributed by atoms with Gasteiger partial charge in [0.05, 0.1) is 4.92 Å². The fourth-order valence-corrected chi connectivity index (χ4v) is 2.00. The van der Waals surface area contributed by atoms with Gasteiger partial charge >= 0.3 is 0 Å². The molecular formula is C13H11ClN4O3. The molecule has 21 heavy (non-hydrogen) atoms. The van der Waals surface area contributed by atoms with Crippen molar-refractivity contribution in [3.05, 3.63) is 56.4 Å². The average molecular weight is 307 g/mol. The molecule has 0 atom stereocenters. The van der Waals surface area contributed by atoms with E-state index in [4.69, 9.17) is 11.6 Å². The summed E-state index contributed by atoms with van der Waals surface area (Å²) in [5.74, 6) is -0.316. The summed E-state index contributed by atoms with van der Waals surface area (Å²) in [6, 6.07) is 5.51. The lowest BCUT2D eigenvalue weighted by atomic mass is 10.2. The Hall–Kier alpha value is -2.54. The number of aromatic nitrogens is 2. The summed E-state index contributed by atoms with van der Waals surface area (Å²) in [4.78, 5) is 30.3. The molecular weight excluding hydrogens is 296 g/mol. The Kier molecular flexibility index (Phi) is 4.13. The molecule has 2 aromatic rings. The smallest absolute Gasteiger partial charge is 0.287 e. The van der Waals surface area contributed by atoms with Crippen LogP contribution in [0.5, 0.6) is 0 Å². The number of rotatable bonds is 3. The van der Waals surface area contributed by atoms with Crippen LogP contribution in [0.1, 0.15) is 21.7 Å². The van der Waals surface area contributed by atoms with E-state index in [2.05, 4.69) is 15.3 Å². The van der Waals surface area contributed by atoms with Gasteiger partial charge in [-0.3, -0.25) is 20.2 Å². The van der Waals surface area contributed by atoms with Gasteiger partial charge in [0.2, 0.25) is 5.95 Å². The van der Waals surface area contributed by atoms with E-state index in [-0.39, 0.29) is 22.2 Å². The fraction of sp³-hybridized carbons (Fsp3) is 0.154. The molecule has 1 aromatic carbocycles. The van der Waals surface area contributed by atoms with Gasteiger partial charge in [-0.15, -0.1) is 0 Å². The highest BCUT2D eigenvalue weighted by Crippen LogP contribution is 2.25. The molecule has 0 aliphatic heterocycles. The summed E-state index contributed by atoms with van der Waals surface area (Å²) in [5.41, 5.74) is 1.38. The van der Waals surface area contributed by atoms with Crippen molar-refractivity contribution in [1.82, 2.24) is 9.97 Å². The number of carbonyl (C=O) groups is 1. The average Bonchev–Trinajstić information content (AvgIpc) is 2.36. The maximum absolute atomic E-state index is 12.1. The first-order valence-electron chi connectivity index (χ1n) is 5.94. The number of aryl methyl sites for hydroxylation is 2. The standard InChI is InChI=1S/C13H11ClN4O3/c1-7-5-8(2)16-13(15-7)17-12(19)9-3-4-11(18(20)21)10(14)6-9/h3-6H,1-2H3,(H,15,16,17,19). The normalized spacial score (nSPS) is 10.2. The van der Waals surface area contributed by atoms with Crippen LogP contribution in [0.25, 0.3) is 0 Å². The molecule has 0 aliphatic rings. The summed E-state index contributed by atoms with van der Waals surface area (Å²) in [5, 5.41) is 13.1. The molecule has 1 aromatic heterocycles. The van der Waals surface area contributed by atoms with E-state index in [9.17, 15) is 14.9 Å². The topological polar surface area (TPSA) is 98.0 Å². The molecule has 0 saturated heterocycles. The van der Waals surface area contributed by atoms with Crippen molar-refractivity contribution < 1.29 is 9.72 Å². The molecule has 0 saturated carbocycles. The third kappa shape index (κ3) is 3.51. The molecule has 0 bridgehead atoms. The minimum absolute atomic E-state index is 0.103. The zero-order valence-electron chi connectivity index (χ0n) is 11.3. The van der Waals surface area contributed by atoms with Crippen LogP contribution >= 0.6 is 11.6 Å². The Morgan fingerprint density at radius 1 is 1.24 bits per heavy atom. The van der Waals surface area contributed by atoms with Gasteiger partial charge in [-0.2, -0.15) is 0 Å². The molecule has 0 unspecified atom stereocenters. The van der Waals surface area contributed by atoms with Crippen LogP contribution in [0, 0.1) is 24.0 Å². The molecule has 108 valence electrons. The summed E-state index contributed by atoms with van der Waals surface area (Å²) in [6.07, 6.45) is 0.